The van der Waals surface area contributed by atoms with Crippen LogP contribution in [0.15, 0.2) is 23.1 Å². The van der Waals surface area contributed by atoms with Crippen molar-refractivity contribution in [2.24, 2.45) is 5.41 Å². The van der Waals surface area contributed by atoms with Crippen LogP contribution in [0.2, 0.25) is 0 Å². The van der Waals surface area contributed by atoms with Crippen molar-refractivity contribution in [3.63, 3.8) is 0 Å². The minimum Gasteiger partial charge on any atom is -0.450 e. The van der Waals surface area contributed by atoms with E-state index in [2.05, 4.69) is 26.1 Å². The quantitative estimate of drug-likeness (QED) is 0.785. The Hall–Kier alpha value is 0.425. The Morgan fingerprint density at radius 3 is 2.17 bits per heavy atom. The van der Waals surface area contributed by atoms with Crippen molar-refractivity contribution in [2.75, 3.05) is 5.32 Å². The second-order valence-electron chi connectivity index (χ2n) is 6.50. The molecule has 96 valence electrons. The van der Waals surface area contributed by atoms with Gasteiger partial charge in [-0.25, -0.2) is 0 Å². The van der Waals surface area contributed by atoms with Gasteiger partial charge in [-0.1, -0.05) is 33.0 Å². The minimum atomic E-state index is -0.111. The first-order valence-electron chi connectivity index (χ1n) is 5.94. The molecule has 0 atom stereocenters. The fourth-order valence-corrected chi connectivity index (χ4v) is 1.53. The van der Waals surface area contributed by atoms with Crippen molar-refractivity contribution >= 4 is 5.69 Å². The maximum Gasteiger partial charge on any atom is 1.00 e. The fraction of sp³-hybridized carbons (Fsp3) is 0.571. The summed E-state index contributed by atoms with van der Waals surface area (Å²) in [4.78, 5) is 12.2. The third kappa shape index (κ3) is 6.55. The molecule has 1 heterocycles. The molecule has 0 unspecified atom stereocenters. The Balaban J connectivity index is 0.00000289. The molecular formula is C14H23N2ORb. The van der Waals surface area contributed by atoms with Crippen molar-refractivity contribution in [1.29, 1.82) is 0 Å². The number of aromatic nitrogens is 1. The zero-order valence-electron chi connectivity index (χ0n) is 12.7. The Morgan fingerprint density at radius 1 is 1.17 bits per heavy atom. The molecule has 1 N–H and O–H groups in total. The normalized spacial score (nSPS) is 11.7. The number of anilines is 1. The van der Waals surface area contributed by atoms with Crippen LogP contribution in [-0.4, -0.2) is 10.1 Å². The predicted octanol–water partition coefficient (Wildman–Crippen LogP) is 0.119. The summed E-state index contributed by atoms with van der Waals surface area (Å²) in [6.45, 7) is 14.3. The number of nitrogens with zero attached hydrogens (tertiary/aromatic N) is 1. The van der Waals surface area contributed by atoms with Gasteiger partial charge in [-0.2, -0.15) is 0 Å². The van der Waals surface area contributed by atoms with E-state index < -0.39 is 0 Å². The van der Waals surface area contributed by atoms with Crippen molar-refractivity contribution in [3.05, 3.63) is 35.2 Å². The van der Waals surface area contributed by atoms with Crippen molar-refractivity contribution in [1.82, 2.24) is 4.57 Å². The smallest absolute Gasteiger partial charge is 0.450 e. The van der Waals surface area contributed by atoms with Crippen molar-refractivity contribution < 1.29 is 58.2 Å². The summed E-state index contributed by atoms with van der Waals surface area (Å²) in [5.74, 6) is 0. The number of rotatable bonds is 2. The van der Waals surface area contributed by atoms with Crippen LogP contribution in [0.5, 0.6) is 0 Å². The Morgan fingerprint density at radius 2 is 1.72 bits per heavy atom. The molecule has 0 radical (unpaired) electrons. The number of pyridine rings is 1. The van der Waals surface area contributed by atoms with Gasteiger partial charge in [0.05, 0.1) is 0 Å². The van der Waals surface area contributed by atoms with Crippen LogP contribution in [0.1, 0.15) is 41.5 Å². The molecule has 18 heavy (non-hydrogen) atoms. The molecule has 0 aromatic carbocycles. The third-order valence-electron chi connectivity index (χ3n) is 2.01. The molecular weight excluding hydrogens is 298 g/mol. The molecule has 0 saturated heterocycles. The second-order valence-corrected chi connectivity index (χ2v) is 6.50. The van der Waals surface area contributed by atoms with Gasteiger partial charge in [0.1, 0.15) is 0 Å². The molecule has 4 heteroatoms. The Bertz CT molecular complexity index is 401. The molecule has 1 rings (SSSR count). The minimum absolute atomic E-state index is 0. The predicted molar refractivity (Wildman–Crippen MR) is 73.2 cm³/mol. The van der Waals surface area contributed by atoms with Crippen LogP contribution in [-0.2, 0) is 0 Å². The van der Waals surface area contributed by atoms with Crippen molar-refractivity contribution in [2.45, 2.75) is 47.1 Å². The zero-order chi connectivity index (χ0) is 13.3. The first-order valence-corrected chi connectivity index (χ1v) is 5.94. The summed E-state index contributed by atoms with van der Waals surface area (Å²) in [7, 11) is 0. The van der Waals surface area contributed by atoms with E-state index in [0.717, 1.165) is 0 Å². The maximum atomic E-state index is 12.2. The van der Waals surface area contributed by atoms with Gasteiger partial charge in [-0.15, -0.1) is 12.6 Å². The van der Waals surface area contributed by atoms with Gasteiger partial charge in [-0.3, -0.25) is 0 Å². The van der Waals surface area contributed by atoms with Crippen LogP contribution in [0.4, 0.5) is 5.69 Å². The van der Waals surface area contributed by atoms with Crippen LogP contribution in [0.3, 0.4) is 0 Å². The Kier molecular flexibility index (Phi) is 6.89. The van der Waals surface area contributed by atoms with Gasteiger partial charge in [-0.05, 0) is 26.2 Å². The molecule has 0 amide bonds. The van der Waals surface area contributed by atoms with E-state index >= 15 is 0 Å². The molecule has 0 aliphatic rings. The topological polar surface area (TPSA) is 34.0 Å². The number of hydrogen-bond acceptors (Lipinski definition) is 2. The van der Waals surface area contributed by atoms with Crippen LogP contribution >= 0.6 is 0 Å². The summed E-state index contributed by atoms with van der Waals surface area (Å²) in [6, 6.07) is 3.71. The van der Waals surface area contributed by atoms with Crippen LogP contribution < -0.4 is 69.1 Å². The number of nitrogens with one attached hydrogen (secondary N) is 1. The SMILES string of the molecule is CC(C)(C)[CH-]n1cccc(NC(C)(C)C)c1=O.[Rb+]. The average molecular weight is 321 g/mol. The van der Waals surface area contributed by atoms with E-state index in [9.17, 15) is 4.79 Å². The maximum absolute atomic E-state index is 12.2. The summed E-state index contributed by atoms with van der Waals surface area (Å²) >= 11 is 0. The average Bonchev–Trinajstić information content (AvgIpc) is 2.07. The molecule has 0 spiro atoms. The fourth-order valence-electron chi connectivity index (χ4n) is 1.53. The standard InChI is InChI=1S/C14H23N2O.Rb/c1-13(2,3)10-16-9-7-8-11(12(16)17)15-14(4,5)6;/h7-10,15H,1-6H3;/q-1;+1. The first kappa shape index (κ1) is 18.4. The van der Waals surface area contributed by atoms with Gasteiger partial charge in [0.2, 0.25) is 0 Å². The Labute approximate surface area is 159 Å². The summed E-state index contributed by atoms with van der Waals surface area (Å²) < 4.78 is 1.65. The molecule has 0 aliphatic heterocycles. The summed E-state index contributed by atoms with van der Waals surface area (Å²) in [6.07, 6.45) is 1.79. The molecule has 3 nitrogen and oxygen atoms in total. The largest absolute Gasteiger partial charge is 1.00 e. The molecule has 1 aromatic rings. The van der Waals surface area contributed by atoms with Crippen LogP contribution in [0.25, 0.3) is 0 Å². The first-order chi connectivity index (χ1) is 7.58. The third-order valence-corrected chi connectivity index (χ3v) is 2.01. The van der Waals surface area contributed by atoms with E-state index in [-0.39, 0.29) is 74.7 Å². The van der Waals surface area contributed by atoms with Gasteiger partial charge >= 0.3 is 58.2 Å². The van der Waals surface area contributed by atoms with E-state index in [4.69, 9.17) is 0 Å². The van der Waals surface area contributed by atoms with Gasteiger partial charge in [0.15, 0.2) is 5.56 Å². The van der Waals surface area contributed by atoms with Crippen molar-refractivity contribution in [3.8, 4) is 0 Å². The van der Waals surface area contributed by atoms with Gasteiger partial charge < -0.3 is 14.7 Å². The van der Waals surface area contributed by atoms with Gasteiger partial charge in [0, 0.05) is 11.2 Å². The van der Waals surface area contributed by atoms with E-state index in [1.807, 2.05) is 39.4 Å². The molecule has 1 aromatic heterocycles. The van der Waals surface area contributed by atoms with E-state index in [0.29, 0.717) is 5.69 Å². The molecule has 0 aliphatic carbocycles. The van der Waals surface area contributed by atoms with Gasteiger partial charge in [0.25, 0.3) is 0 Å². The molecule has 0 saturated carbocycles. The second kappa shape index (κ2) is 6.73. The zero-order valence-corrected chi connectivity index (χ0v) is 17.6. The monoisotopic (exact) mass is 320 g/mol. The molecule has 0 bridgehead atoms. The van der Waals surface area contributed by atoms with E-state index in [1.54, 1.807) is 10.8 Å². The summed E-state index contributed by atoms with van der Waals surface area (Å²) in [5.41, 5.74) is 0.502. The van der Waals surface area contributed by atoms with E-state index in [1.165, 1.54) is 0 Å². The molecule has 0 fully saturated rings. The van der Waals surface area contributed by atoms with Crippen LogP contribution in [0, 0.1) is 12.0 Å². The summed E-state index contributed by atoms with van der Waals surface area (Å²) in [5, 5.41) is 3.22. The number of hydrogen-bond donors (Lipinski definition) is 1.